The second kappa shape index (κ2) is 6.73. The van der Waals surface area contributed by atoms with Gasteiger partial charge in [0.2, 0.25) is 0 Å². The quantitative estimate of drug-likeness (QED) is 0.656. The average Bonchev–Trinajstić information content (AvgIpc) is 3.07. The number of aliphatic hydroxyl groups is 1. The zero-order valence-electron chi connectivity index (χ0n) is 16.0. The van der Waals surface area contributed by atoms with Gasteiger partial charge in [-0.2, -0.15) is 0 Å². The number of aryl methyl sites for hydroxylation is 1. The van der Waals surface area contributed by atoms with E-state index in [1.54, 1.807) is 6.20 Å². The lowest BCUT2D eigenvalue weighted by Gasteiger charge is -2.45. The van der Waals surface area contributed by atoms with Gasteiger partial charge in [0.15, 0.2) is 5.82 Å². The van der Waals surface area contributed by atoms with E-state index in [1.165, 1.54) is 6.20 Å². The molecule has 142 valence electrons. The van der Waals surface area contributed by atoms with Gasteiger partial charge in [-0.1, -0.05) is 39.0 Å². The summed E-state index contributed by atoms with van der Waals surface area (Å²) in [5.41, 5.74) is 3.55. The van der Waals surface area contributed by atoms with Crippen LogP contribution in [-0.4, -0.2) is 28.2 Å². The molecular weight excluding hydrogens is 341 g/mol. The number of hydrogen-bond donors (Lipinski definition) is 3. The van der Waals surface area contributed by atoms with Gasteiger partial charge in [0, 0.05) is 37.3 Å². The van der Waals surface area contributed by atoms with E-state index in [0.29, 0.717) is 11.0 Å². The number of aromatic amines is 1. The molecule has 27 heavy (non-hydrogen) atoms. The van der Waals surface area contributed by atoms with Crippen LogP contribution in [0.5, 0.6) is 0 Å². The fraction of sp³-hybridized carbons (Fsp3) is 0.409. The number of H-pyrrole nitrogens is 1. The molecule has 3 N–H and O–H groups in total. The van der Waals surface area contributed by atoms with Crippen LogP contribution in [0.4, 0.5) is 4.39 Å². The van der Waals surface area contributed by atoms with Gasteiger partial charge in [0.25, 0.3) is 0 Å². The molecule has 3 heterocycles. The highest BCUT2D eigenvalue weighted by molar-refractivity contribution is 5.93. The van der Waals surface area contributed by atoms with Crippen molar-refractivity contribution >= 4 is 11.0 Å². The first kappa shape index (κ1) is 18.1. The topological polar surface area (TPSA) is 60.9 Å². The Morgan fingerprint density at radius 1 is 1.22 bits per heavy atom. The molecule has 1 aliphatic rings. The Labute approximate surface area is 158 Å². The SMILES string of the molecule is CCc1cc(-c2ccnc3[nH]cc(F)c23)ccc1C1(O)[C@H](C)CNC[C@@H]1C. The molecule has 1 aliphatic heterocycles. The minimum absolute atomic E-state index is 0.118. The zero-order chi connectivity index (χ0) is 19.2. The molecule has 1 fully saturated rings. The molecule has 0 spiro atoms. The van der Waals surface area contributed by atoms with Crippen LogP contribution in [0.2, 0.25) is 0 Å². The van der Waals surface area contributed by atoms with Crippen molar-refractivity contribution in [2.24, 2.45) is 11.8 Å². The van der Waals surface area contributed by atoms with Crippen molar-refractivity contribution in [2.75, 3.05) is 13.1 Å². The van der Waals surface area contributed by atoms with Crippen LogP contribution < -0.4 is 5.32 Å². The molecule has 1 aromatic carbocycles. The van der Waals surface area contributed by atoms with Crippen LogP contribution in [0, 0.1) is 17.7 Å². The average molecular weight is 367 g/mol. The van der Waals surface area contributed by atoms with E-state index >= 15 is 0 Å². The first-order valence-corrected chi connectivity index (χ1v) is 9.65. The fourth-order valence-corrected chi connectivity index (χ4v) is 4.55. The summed E-state index contributed by atoms with van der Waals surface area (Å²) in [6.45, 7) is 7.88. The highest BCUT2D eigenvalue weighted by atomic mass is 19.1. The number of pyridine rings is 1. The third kappa shape index (κ3) is 2.77. The Morgan fingerprint density at radius 3 is 2.67 bits per heavy atom. The molecule has 0 amide bonds. The van der Waals surface area contributed by atoms with Crippen LogP contribution in [0.25, 0.3) is 22.2 Å². The molecule has 0 radical (unpaired) electrons. The maximum absolute atomic E-state index is 14.3. The largest absolute Gasteiger partial charge is 0.384 e. The number of benzene rings is 1. The minimum atomic E-state index is -0.859. The van der Waals surface area contributed by atoms with E-state index in [2.05, 4.69) is 42.1 Å². The van der Waals surface area contributed by atoms with Gasteiger partial charge in [0.05, 0.1) is 11.0 Å². The Morgan fingerprint density at radius 2 is 1.96 bits per heavy atom. The Hall–Kier alpha value is -2.24. The van der Waals surface area contributed by atoms with Gasteiger partial charge in [-0.15, -0.1) is 0 Å². The van der Waals surface area contributed by atoms with Crippen molar-refractivity contribution < 1.29 is 9.50 Å². The van der Waals surface area contributed by atoms with E-state index in [-0.39, 0.29) is 17.7 Å². The highest BCUT2D eigenvalue weighted by Crippen LogP contribution is 2.42. The van der Waals surface area contributed by atoms with Crippen LogP contribution in [0.3, 0.4) is 0 Å². The Kier molecular flexibility index (Phi) is 4.52. The van der Waals surface area contributed by atoms with Gasteiger partial charge in [-0.25, -0.2) is 9.37 Å². The van der Waals surface area contributed by atoms with E-state index in [0.717, 1.165) is 41.8 Å². The number of aromatic nitrogens is 2. The minimum Gasteiger partial charge on any atom is -0.384 e. The van der Waals surface area contributed by atoms with Crippen LogP contribution in [-0.2, 0) is 12.0 Å². The standard InChI is InChI=1S/C22H26FN3O/c1-4-15-9-16(17-7-8-25-21-20(17)19(23)12-26-21)5-6-18(15)22(27)13(2)10-24-11-14(22)3/h5-9,12-14,24,27H,4,10-11H2,1-3H3,(H,25,26)/t13-,14+,22?. The molecular formula is C22H26FN3O. The maximum Gasteiger partial charge on any atom is 0.150 e. The number of nitrogens with one attached hydrogen (secondary N) is 2. The first-order valence-electron chi connectivity index (χ1n) is 9.65. The summed E-state index contributed by atoms with van der Waals surface area (Å²) in [6, 6.07) is 7.96. The third-order valence-electron chi connectivity index (χ3n) is 6.16. The normalized spacial score (nSPS) is 25.8. The van der Waals surface area contributed by atoms with E-state index < -0.39 is 5.60 Å². The first-order chi connectivity index (χ1) is 13.0. The van der Waals surface area contributed by atoms with E-state index in [4.69, 9.17) is 0 Å². The summed E-state index contributed by atoms with van der Waals surface area (Å²) >= 11 is 0. The Bertz CT molecular complexity index is 971. The van der Waals surface area contributed by atoms with Gasteiger partial charge in [0.1, 0.15) is 5.65 Å². The lowest BCUT2D eigenvalue weighted by atomic mass is 9.69. The maximum atomic E-state index is 14.3. The van der Waals surface area contributed by atoms with Crippen LogP contribution in [0.1, 0.15) is 31.9 Å². The summed E-state index contributed by atoms with van der Waals surface area (Å²) in [7, 11) is 0. The third-order valence-corrected chi connectivity index (χ3v) is 6.16. The summed E-state index contributed by atoms with van der Waals surface area (Å²) in [5.74, 6) is -0.0613. The molecule has 5 heteroatoms. The van der Waals surface area contributed by atoms with Crippen molar-refractivity contribution in [2.45, 2.75) is 32.8 Å². The van der Waals surface area contributed by atoms with E-state index in [9.17, 15) is 9.50 Å². The highest BCUT2D eigenvalue weighted by Gasteiger charge is 2.44. The number of hydrogen-bond acceptors (Lipinski definition) is 3. The second-order valence-electron chi connectivity index (χ2n) is 7.73. The number of piperidine rings is 1. The molecule has 0 saturated carbocycles. The van der Waals surface area contributed by atoms with Crippen LogP contribution >= 0.6 is 0 Å². The van der Waals surface area contributed by atoms with Crippen molar-refractivity contribution in [3.8, 4) is 11.1 Å². The van der Waals surface area contributed by atoms with Gasteiger partial charge >= 0.3 is 0 Å². The van der Waals surface area contributed by atoms with Crippen molar-refractivity contribution in [3.05, 3.63) is 53.6 Å². The predicted molar refractivity (Wildman–Crippen MR) is 106 cm³/mol. The molecule has 4 rings (SSSR count). The molecule has 4 nitrogen and oxygen atoms in total. The monoisotopic (exact) mass is 367 g/mol. The van der Waals surface area contributed by atoms with Crippen molar-refractivity contribution in [3.63, 3.8) is 0 Å². The van der Waals surface area contributed by atoms with Crippen molar-refractivity contribution in [1.29, 1.82) is 0 Å². The zero-order valence-corrected chi connectivity index (χ0v) is 16.0. The summed E-state index contributed by atoms with van der Waals surface area (Å²) in [5, 5.41) is 15.5. The predicted octanol–water partition coefficient (Wildman–Crippen LogP) is 3.99. The van der Waals surface area contributed by atoms with E-state index in [1.807, 2.05) is 18.2 Å². The van der Waals surface area contributed by atoms with Crippen molar-refractivity contribution in [1.82, 2.24) is 15.3 Å². The number of rotatable bonds is 3. The summed E-state index contributed by atoms with van der Waals surface area (Å²) in [6.07, 6.45) is 3.84. The molecule has 1 saturated heterocycles. The van der Waals surface area contributed by atoms with Gasteiger partial charge in [-0.05, 0) is 34.7 Å². The molecule has 2 aromatic heterocycles. The number of halogens is 1. The molecule has 0 aliphatic carbocycles. The van der Waals surface area contributed by atoms with Gasteiger partial charge in [-0.3, -0.25) is 0 Å². The second-order valence-corrected chi connectivity index (χ2v) is 7.73. The lowest BCUT2D eigenvalue weighted by molar-refractivity contribution is -0.0812. The lowest BCUT2D eigenvalue weighted by Crippen LogP contribution is -2.53. The smallest absolute Gasteiger partial charge is 0.150 e. The molecule has 3 atom stereocenters. The summed E-state index contributed by atoms with van der Waals surface area (Å²) in [4.78, 5) is 7.08. The number of nitrogens with zero attached hydrogens (tertiary/aromatic N) is 1. The van der Waals surface area contributed by atoms with Gasteiger partial charge < -0.3 is 15.4 Å². The number of fused-ring (bicyclic) bond motifs is 1. The molecule has 0 bridgehead atoms. The molecule has 1 unspecified atom stereocenters. The fourth-order valence-electron chi connectivity index (χ4n) is 4.55. The molecule has 3 aromatic rings. The summed E-state index contributed by atoms with van der Waals surface area (Å²) < 4.78 is 14.3. The Balaban J connectivity index is 1.86. The van der Waals surface area contributed by atoms with Crippen LogP contribution in [0.15, 0.2) is 36.7 Å².